The highest BCUT2D eigenvalue weighted by molar-refractivity contribution is 5.72. The van der Waals surface area contributed by atoms with Crippen LogP contribution in [-0.2, 0) is 14.3 Å². The van der Waals surface area contributed by atoms with Crippen LogP contribution >= 0.6 is 0 Å². The molecule has 0 aliphatic heterocycles. The van der Waals surface area contributed by atoms with Gasteiger partial charge in [-0.1, -0.05) is 6.08 Å². The molecule has 0 aromatic carbocycles. The summed E-state index contributed by atoms with van der Waals surface area (Å²) in [6, 6.07) is 0. The summed E-state index contributed by atoms with van der Waals surface area (Å²) < 4.78 is 9.47. The molecule has 4 heteroatoms. The Labute approximate surface area is 65.4 Å². The Hall–Kier alpha value is -0.870. The Balaban J connectivity index is 3.68. The first-order valence-electron chi connectivity index (χ1n) is 3.16. The number of aliphatic carboxylic acids is 1. The lowest BCUT2D eigenvalue weighted by atomic mass is 10.4. The lowest BCUT2D eigenvalue weighted by Gasteiger charge is -2.10. The molecule has 4 nitrogen and oxygen atoms in total. The molecule has 0 radical (unpaired) electrons. The predicted octanol–water partition coefficient (Wildman–Crippen LogP) is 0.289. The Bertz CT molecular complexity index is 132. The number of hydrogen-bond acceptors (Lipinski definition) is 3. The van der Waals surface area contributed by atoms with Crippen LogP contribution in [0, 0.1) is 0 Å². The Kier molecular flexibility index (Phi) is 5.42. The molecule has 0 fully saturated rings. The molecule has 1 atom stereocenters. The maximum atomic E-state index is 10.4. The van der Waals surface area contributed by atoms with E-state index in [9.17, 15) is 4.79 Å². The van der Waals surface area contributed by atoms with Gasteiger partial charge in [-0.05, 0) is 0 Å². The van der Waals surface area contributed by atoms with Gasteiger partial charge in [0.2, 0.25) is 0 Å². The van der Waals surface area contributed by atoms with Crippen LogP contribution < -0.4 is 0 Å². The largest absolute Gasteiger partial charge is 0.479 e. The highest BCUT2D eigenvalue weighted by atomic mass is 16.5. The van der Waals surface area contributed by atoms with Crippen molar-refractivity contribution >= 4 is 5.97 Å². The van der Waals surface area contributed by atoms with E-state index in [1.54, 1.807) is 0 Å². The molecule has 0 rings (SSSR count). The maximum absolute atomic E-state index is 10.4. The summed E-state index contributed by atoms with van der Waals surface area (Å²) in [7, 11) is 1.42. The number of carbonyl (C=O) groups is 1. The highest BCUT2D eigenvalue weighted by Crippen LogP contribution is 1.92. The van der Waals surface area contributed by atoms with Gasteiger partial charge < -0.3 is 14.6 Å². The normalized spacial score (nSPS) is 12.5. The van der Waals surface area contributed by atoms with Crippen molar-refractivity contribution in [1.82, 2.24) is 0 Å². The topological polar surface area (TPSA) is 55.8 Å². The van der Waals surface area contributed by atoms with Crippen LogP contribution in [0.2, 0.25) is 0 Å². The molecule has 0 aromatic heterocycles. The lowest BCUT2D eigenvalue weighted by Crippen LogP contribution is -2.28. The summed E-state index contributed by atoms with van der Waals surface area (Å²) in [4.78, 5) is 10.4. The highest BCUT2D eigenvalue weighted by Gasteiger charge is 2.16. The van der Waals surface area contributed by atoms with Gasteiger partial charge in [-0.2, -0.15) is 0 Å². The third-order valence-electron chi connectivity index (χ3n) is 1.01. The number of methoxy groups -OCH3 is 1. The first kappa shape index (κ1) is 10.1. The monoisotopic (exact) mass is 160 g/mol. The van der Waals surface area contributed by atoms with E-state index in [4.69, 9.17) is 9.84 Å². The minimum absolute atomic E-state index is 0.0587. The second-order valence-electron chi connectivity index (χ2n) is 1.90. The van der Waals surface area contributed by atoms with Crippen LogP contribution in [0.15, 0.2) is 12.7 Å². The fraction of sp³-hybridized carbons (Fsp3) is 0.571. The van der Waals surface area contributed by atoms with E-state index in [-0.39, 0.29) is 13.2 Å². The summed E-state index contributed by atoms with van der Waals surface area (Å²) >= 11 is 0. The summed E-state index contributed by atoms with van der Waals surface area (Å²) in [6.45, 7) is 3.67. The molecule has 0 saturated heterocycles. The van der Waals surface area contributed by atoms with E-state index in [0.29, 0.717) is 0 Å². The van der Waals surface area contributed by atoms with Crippen LogP contribution in [0.4, 0.5) is 0 Å². The number of carboxylic acid groups (broad SMARTS) is 1. The zero-order valence-electron chi connectivity index (χ0n) is 6.45. The van der Waals surface area contributed by atoms with Gasteiger partial charge in [-0.25, -0.2) is 4.79 Å². The fourth-order valence-electron chi connectivity index (χ4n) is 0.526. The molecule has 0 spiro atoms. The van der Waals surface area contributed by atoms with E-state index in [0.717, 1.165) is 0 Å². The van der Waals surface area contributed by atoms with Gasteiger partial charge in [-0.3, -0.25) is 0 Å². The first-order valence-corrected chi connectivity index (χ1v) is 3.16. The van der Waals surface area contributed by atoms with Crippen molar-refractivity contribution in [2.75, 3.05) is 20.3 Å². The summed E-state index contributed by atoms with van der Waals surface area (Å²) in [5, 5.41) is 8.49. The van der Waals surface area contributed by atoms with Gasteiger partial charge in [-0.15, -0.1) is 6.58 Å². The molecule has 0 unspecified atom stereocenters. The molecule has 0 amide bonds. The van der Waals surface area contributed by atoms with Crippen LogP contribution in [0.1, 0.15) is 0 Å². The van der Waals surface area contributed by atoms with Gasteiger partial charge >= 0.3 is 5.97 Å². The Morgan fingerprint density at radius 3 is 2.82 bits per heavy atom. The van der Waals surface area contributed by atoms with E-state index >= 15 is 0 Å². The average molecular weight is 160 g/mol. The molecule has 0 aliphatic rings. The molecule has 0 saturated carbocycles. The predicted molar refractivity (Wildman–Crippen MR) is 39.4 cm³/mol. The minimum Gasteiger partial charge on any atom is -0.479 e. The smallest absolute Gasteiger partial charge is 0.335 e. The van der Waals surface area contributed by atoms with Crippen molar-refractivity contribution in [3.63, 3.8) is 0 Å². The zero-order valence-corrected chi connectivity index (χ0v) is 6.45. The first-order chi connectivity index (χ1) is 5.22. The van der Waals surface area contributed by atoms with Crippen LogP contribution in [0.5, 0.6) is 0 Å². The molecule has 64 valence electrons. The third kappa shape index (κ3) is 4.52. The number of carboxylic acids is 1. The average Bonchev–Trinajstić information content (AvgIpc) is 1.97. The van der Waals surface area contributed by atoms with E-state index in [1.807, 2.05) is 0 Å². The van der Waals surface area contributed by atoms with E-state index in [2.05, 4.69) is 11.3 Å². The molecule has 11 heavy (non-hydrogen) atoms. The number of hydrogen-bond donors (Lipinski definition) is 1. The van der Waals surface area contributed by atoms with Crippen LogP contribution in [-0.4, -0.2) is 37.5 Å². The van der Waals surface area contributed by atoms with Crippen molar-refractivity contribution < 1.29 is 19.4 Å². The van der Waals surface area contributed by atoms with Crippen LogP contribution in [0.25, 0.3) is 0 Å². The SMILES string of the molecule is C=CCO[C@@H](COC)C(=O)O. The Morgan fingerprint density at radius 1 is 1.82 bits per heavy atom. The van der Waals surface area contributed by atoms with Crippen molar-refractivity contribution in [3.05, 3.63) is 12.7 Å². The van der Waals surface area contributed by atoms with Crippen LogP contribution in [0.3, 0.4) is 0 Å². The van der Waals surface area contributed by atoms with Gasteiger partial charge in [0.25, 0.3) is 0 Å². The second-order valence-corrected chi connectivity index (χ2v) is 1.90. The molecule has 0 heterocycles. The van der Waals surface area contributed by atoms with Crippen molar-refractivity contribution in [3.8, 4) is 0 Å². The molecule has 0 aliphatic carbocycles. The quantitative estimate of drug-likeness (QED) is 0.567. The number of rotatable bonds is 6. The summed E-state index contributed by atoms with van der Waals surface area (Å²) in [5.41, 5.74) is 0. The molecular weight excluding hydrogens is 148 g/mol. The van der Waals surface area contributed by atoms with Gasteiger partial charge in [0, 0.05) is 7.11 Å². The second kappa shape index (κ2) is 5.88. The van der Waals surface area contributed by atoms with Gasteiger partial charge in [0.05, 0.1) is 13.2 Å². The standard InChI is InChI=1S/C7H12O4/c1-3-4-11-6(5-10-2)7(8)9/h3,6H,1,4-5H2,2H3,(H,8,9)/t6-/m0/s1. The van der Waals surface area contributed by atoms with E-state index < -0.39 is 12.1 Å². The Morgan fingerprint density at radius 2 is 2.45 bits per heavy atom. The zero-order chi connectivity index (χ0) is 8.69. The van der Waals surface area contributed by atoms with Gasteiger partial charge in [0.15, 0.2) is 6.10 Å². The van der Waals surface area contributed by atoms with Crippen molar-refractivity contribution in [1.29, 1.82) is 0 Å². The third-order valence-corrected chi connectivity index (χ3v) is 1.01. The molecular formula is C7H12O4. The van der Waals surface area contributed by atoms with E-state index in [1.165, 1.54) is 13.2 Å². The lowest BCUT2D eigenvalue weighted by molar-refractivity contribution is -0.152. The van der Waals surface area contributed by atoms with Gasteiger partial charge in [0.1, 0.15) is 0 Å². The number of ether oxygens (including phenoxy) is 2. The van der Waals surface area contributed by atoms with Crippen molar-refractivity contribution in [2.24, 2.45) is 0 Å². The molecule has 0 aromatic rings. The van der Waals surface area contributed by atoms with Crippen molar-refractivity contribution in [2.45, 2.75) is 6.10 Å². The minimum atomic E-state index is -1.02. The summed E-state index contributed by atoms with van der Waals surface area (Å²) in [6.07, 6.45) is 0.601. The fourth-order valence-corrected chi connectivity index (χ4v) is 0.526. The summed E-state index contributed by atoms with van der Waals surface area (Å²) in [5.74, 6) is -1.02. The molecule has 0 bridgehead atoms. The molecule has 1 N–H and O–H groups in total. The maximum Gasteiger partial charge on any atom is 0.335 e.